The Labute approximate surface area is 82.5 Å². The molecule has 1 atom stereocenters. The summed E-state index contributed by atoms with van der Waals surface area (Å²) in [5.74, 6) is 6.99. The van der Waals surface area contributed by atoms with Crippen molar-refractivity contribution in [2.24, 2.45) is 5.90 Å². The van der Waals surface area contributed by atoms with E-state index in [4.69, 9.17) is 15.4 Å². The van der Waals surface area contributed by atoms with Crippen LogP contribution in [0.5, 0.6) is 11.5 Å². The summed E-state index contributed by atoms with van der Waals surface area (Å²) in [6.07, 6.45) is 0. The Bertz CT molecular complexity index is 325. The van der Waals surface area contributed by atoms with Crippen LogP contribution in [0.25, 0.3) is 0 Å². The topological polar surface area (TPSA) is 53.7 Å². The van der Waals surface area contributed by atoms with Gasteiger partial charge in [-0.1, -0.05) is 0 Å². The number of fused-ring (bicyclic) bond motifs is 1. The molecule has 0 amide bonds. The Hall–Kier alpha value is -1.26. The Morgan fingerprint density at radius 1 is 1.57 bits per heavy atom. The first kappa shape index (κ1) is 9.30. The largest absolute Gasteiger partial charge is 0.497 e. The molecule has 0 radical (unpaired) electrons. The van der Waals surface area contributed by atoms with Crippen molar-refractivity contribution < 1.29 is 14.3 Å². The second-order valence-electron chi connectivity index (χ2n) is 3.25. The van der Waals surface area contributed by atoms with Gasteiger partial charge in [-0.2, -0.15) is 0 Å². The van der Waals surface area contributed by atoms with Gasteiger partial charge in [0, 0.05) is 11.5 Å². The van der Waals surface area contributed by atoms with Gasteiger partial charge in [-0.05, 0) is 18.2 Å². The van der Waals surface area contributed by atoms with Gasteiger partial charge in [-0.25, -0.2) is 5.90 Å². The molecular weight excluding hydrogens is 182 g/mol. The SMILES string of the molecule is COc1ccc2c(c1)C(CON)CO2. The van der Waals surface area contributed by atoms with Gasteiger partial charge in [0.25, 0.3) is 0 Å². The van der Waals surface area contributed by atoms with Crippen LogP contribution in [0.4, 0.5) is 0 Å². The van der Waals surface area contributed by atoms with Gasteiger partial charge in [0.2, 0.25) is 0 Å². The van der Waals surface area contributed by atoms with Crippen molar-refractivity contribution in [1.29, 1.82) is 0 Å². The lowest BCUT2D eigenvalue weighted by Gasteiger charge is -2.07. The highest BCUT2D eigenvalue weighted by Gasteiger charge is 2.24. The fourth-order valence-electron chi connectivity index (χ4n) is 1.64. The number of ether oxygens (including phenoxy) is 2. The van der Waals surface area contributed by atoms with Crippen LogP contribution in [0.1, 0.15) is 11.5 Å². The zero-order chi connectivity index (χ0) is 9.97. The van der Waals surface area contributed by atoms with Crippen LogP contribution in [0.15, 0.2) is 18.2 Å². The van der Waals surface area contributed by atoms with E-state index in [1.54, 1.807) is 7.11 Å². The van der Waals surface area contributed by atoms with E-state index >= 15 is 0 Å². The molecule has 0 spiro atoms. The van der Waals surface area contributed by atoms with Crippen molar-refractivity contribution in [3.63, 3.8) is 0 Å². The first-order valence-electron chi connectivity index (χ1n) is 4.47. The minimum atomic E-state index is 0.213. The summed E-state index contributed by atoms with van der Waals surface area (Å²) in [4.78, 5) is 4.64. The summed E-state index contributed by atoms with van der Waals surface area (Å²) < 4.78 is 10.6. The highest BCUT2D eigenvalue weighted by Crippen LogP contribution is 2.36. The van der Waals surface area contributed by atoms with Crippen LogP contribution in [0.3, 0.4) is 0 Å². The van der Waals surface area contributed by atoms with Crippen LogP contribution in [0.2, 0.25) is 0 Å². The van der Waals surface area contributed by atoms with E-state index in [0.717, 1.165) is 17.1 Å². The predicted octanol–water partition coefficient (Wildman–Crippen LogP) is 1.06. The van der Waals surface area contributed by atoms with Crippen LogP contribution in [-0.4, -0.2) is 20.3 Å². The summed E-state index contributed by atoms with van der Waals surface area (Å²) in [5.41, 5.74) is 1.11. The van der Waals surface area contributed by atoms with Gasteiger partial charge < -0.3 is 14.3 Å². The van der Waals surface area contributed by atoms with E-state index < -0.39 is 0 Å². The molecule has 0 saturated carbocycles. The van der Waals surface area contributed by atoms with Crippen molar-refractivity contribution >= 4 is 0 Å². The number of nitrogens with two attached hydrogens (primary N) is 1. The summed E-state index contributed by atoms with van der Waals surface area (Å²) in [5, 5.41) is 0. The monoisotopic (exact) mass is 195 g/mol. The zero-order valence-corrected chi connectivity index (χ0v) is 8.03. The Morgan fingerprint density at radius 2 is 2.43 bits per heavy atom. The van der Waals surface area contributed by atoms with Crippen molar-refractivity contribution in [3.8, 4) is 11.5 Å². The van der Waals surface area contributed by atoms with E-state index in [0.29, 0.717) is 13.2 Å². The quantitative estimate of drug-likeness (QED) is 0.733. The molecule has 1 aromatic rings. The molecule has 4 nitrogen and oxygen atoms in total. The lowest BCUT2D eigenvalue weighted by molar-refractivity contribution is 0.115. The second-order valence-corrected chi connectivity index (χ2v) is 3.25. The molecular formula is C10H13NO3. The summed E-state index contributed by atoms with van der Waals surface area (Å²) in [6, 6.07) is 5.75. The molecule has 1 unspecified atom stereocenters. The van der Waals surface area contributed by atoms with E-state index in [1.165, 1.54) is 0 Å². The van der Waals surface area contributed by atoms with Gasteiger partial charge in [0.15, 0.2) is 0 Å². The van der Waals surface area contributed by atoms with Crippen LogP contribution < -0.4 is 15.4 Å². The molecule has 1 aliphatic rings. The van der Waals surface area contributed by atoms with Crippen molar-refractivity contribution in [3.05, 3.63) is 23.8 Å². The predicted molar refractivity (Wildman–Crippen MR) is 51.4 cm³/mol. The molecule has 2 rings (SSSR count). The Kier molecular flexibility index (Phi) is 2.56. The van der Waals surface area contributed by atoms with Gasteiger partial charge in [-0.3, -0.25) is 0 Å². The molecule has 0 saturated heterocycles. The summed E-state index contributed by atoms with van der Waals surface area (Å²) in [7, 11) is 1.64. The maximum absolute atomic E-state index is 5.47. The number of methoxy groups -OCH3 is 1. The van der Waals surface area contributed by atoms with E-state index in [2.05, 4.69) is 4.84 Å². The maximum Gasteiger partial charge on any atom is 0.123 e. The third kappa shape index (κ3) is 1.54. The molecule has 0 aliphatic carbocycles. The van der Waals surface area contributed by atoms with Gasteiger partial charge in [0.05, 0.1) is 20.3 Å². The third-order valence-electron chi connectivity index (χ3n) is 2.39. The number of hydrogen-bond donors (Lipinski definition) is 1. The standard InChI is InChI=1S/C10H13NO3/c1-12-8-2-3-10-9(4-8)7(5-13-10)6-14-11/h2-4,7H,5-6,11H2,1H3. The van der Waals surface area contributed by atoms with Crippen LogP contribution in [-0.2, 0) is 4.84 Å². The number of rotatable bonds is 3. The minimum Gasteiger partial charge on any atom is -0.497 e. The molecule has 14 heavy (non-hydrogen) atoms. The van der Waals surface area contributed by atoms with Crippen molar-refractivity contribution in [2.45, 2.75) is 5.92 Å². The molecule has 0 bridgehead atoms. The molecule has 1 aliphatic heterocycles. The molecule has 0 aromatic heterocycles. The first-order chi connectivity index (χ1) is 6.85. The Morgan fingerprint density at radius 3 is 3.14 bits per heavy atom. The average Bonchev–Trinajstić information content (AvgIpc) is 2.61. The first-order valence-corrected chi connectivity index (χ1v) is 4.47. The van der Waals surface area contributed by atoms with E-state index in [1.807, 2.05) is 18.2 Å². The van der Waals surface area contributed by atoms with E-state index in [9.17, 15) is 0 Å². The lowest BCUT2D eigenvalue weighted by Crippen LogP contribution is -2.12. The summed E-state index contributed by atoms with van der Waals surface area (Å²) >= 11 is 0. The summed E-state index contributed by atoms with van der Waals surface area (Å²) in [6.45, 7) is 1.10. The van der Waals surface area contributed by atoms with Gasteiger partial charge in [0.1, 0.15) is 11.5 Å². The number of hydrogen-bond acceptors (Lipinski definition) is 4. The molecule has 76 valence electrons. The van der Waals surface area contributed by atoms with E-state index in [-0.39, 0.29) is 5.92 Å². The van der Waals surface area contributed by atoms with Crippen LogP contribution >= 0.6 is 0 Å². The average molecular weight is 195 g/mol. The molecule has 4 heteroatoms. The lowest BCUT2D eigenvalue weighted by atomic mass is 10.0. The second kappa shape index (κ2) is 3.86. The van der Waals surface area contributed by atoms with Crippen molar-refractivity contribution in [2.75, 3.05) is 20.3 Å². The number of benzene rings is 1. The van der Waals surface area contributed by atoms with Gasteiger partial charge in [-0.15, -0.1) is 0 Å². The molecule has 2 N–H and O–H groups in total. The maximum atomic E-state index is 5.47. The normalized spacial score (nSPS) is 18.9. The molecule has 0 fully saturated rings. The fourth-order valence-corrected chi connectivity index (χ4v) is 1.64. The Balaban J connectivity index is 2.27. The fraction of sp³-hybridized carbons (Fsp3) is 0.400. The van der Waals surface area contributed by atoms with Gasteiger partial charge >= 0.3 is 0 Å². The smallest absolute Gasteiger partial charge is 0.123 e. The highest BCUT2D eigenvalue weighted by atomic mass is 16.6. The molecule has 1 aromatic carbocycles. The molecule has 1 heterocycles. The zero-order valence-electron chi connectivity index (χ0n) is 8.03. The van der Waals surface area contributed by atoms with Crippen LogP contribution in [0, 0.1) is 0 Å². The minimum absolute atomic E-state index is 0.213. The third-order valence-corrected chi connectivity index (χ3v) is 2.39. The van der Waals surface area contributed by atoms with Crippen molar-refractivity contribution in [1.82, 2.24) is 0 Å². The highest BCUT2D eigenvalue weighted by molar-refractivity contribution is 5.45.